The fraction of sp³-hybridized carbons (Fsp3) is 0.143. The van der Waals surface area contributed by atoms with Crippen LogP contribution in [0.2, 0.25) is 0 Å². The van der Waals surface area contributed by atoms with Gasteiger partial charge in [0.05, 0.1) is 5.69 Å². The number of aromatic nitrogens is 1. The van der Waals surface area contributed by atoms with Crippen LogP contribution in [0.4, 0.5) is 5.69 Å². The van der Waals surface area contributed by atoms with Gasteiger partial charge in [-0.25, -0.2) is 9.78 Å². The summed E-state index contributed by atoms with van der Waals surface area (Å²) in [6, 6.07) is 10.8. The van der Waals surface area contributed by atoms with Crippen molar-refractivity contribution in [2.75, 3.05) is 5.73 Å². The number of rotatable bonds is 4. The molecular weight excluding hydrogens is 260 g/mol. The molecule has 0 bridgehead atoms. The molecule has 1 aromatic heterocycles. The van der Waals surface area contributed by atoms with Crippen molar-refractivity contribution in [3.05, 3.63) is 53.3 Å². The van der Waals surface area contributed by atoms with Gasteiger partial charge in [-0.1, -0.05) is 6.07 Å². The average molecular weight is 274 g/mol. The zero-order valence-corrected chi connectivity index (χ0v) is 11.3. The van der Waals surface area contributed by atoms with Crippen LogP contribution in [0, 0.1) is 6.92 Å². The molecule has 0 unspecified atom stereocenters. The predicted octanol–water partition coefficient (Wildman–Crippen LogP) is 2.96. The van der Waals surface area contributed by atoms with Gasteiger partial charge in [0.25, 0.3) is 0 Å². The number of aryl methyl sites for hydroxylation is 1. The molecular formula is C14H14N2O2S. The standard InChI is InChI=1S/C14H14N2O2S/c1-9-7-10(15)5-6-13(9)19-8-11-3-2-4-12(16-11)14(17)18/h2-7H,8,15H2,1H3,(H,17,18). The number of hydrogen-bond donors (Lipinski definition) is 2. The summed E-state index contributed by atoms with van der Waals surface area (Å²) in [5.41, 5.74) is 8.38. The van der Waals surface area contributed by atoms with Crippen molar-refractivity contribution in [2.45, 2.75) is 17.6 Å². The van der Waals surface area contributed by atoms with E-state index >= 15 is 0 Å². The van der Waals surface area contributed by atoms with Gasteiger partial charge in [-0.05, 0) is 42.8 Å². The highest BCUT2D eigenvalue weighted by Gasteiger charge is 2.06. The first-order chi connectivity index (χ1) is 9.06. The molecule has 0 fully saturated rings. The maximum absolute atomic E-state index is 10.8. The van der Waals surface area contributed by atoms with Crippen molar-refractivity contribution in [1.82, 2.24) is 4.98 Å². The van der Waals surface area contributed by atoms with Gasteiger partial charge in [-0.3, -0.25) is 0 Å². The second-order valence-corrected chi connectivity index (χ2v) is 5.15. The van der Waals surface area contributed by atoms with E-state index in [0.717, 1.165) is 21.8 Å². The minimum atomic E-state index is -1.00. The Balaban J connectivity index is 2.10. The number of aromatic carboxylic acids is 1. The molecule has 3 N–H and O–H groups in total. The van der Waals surface area contributed by atoms with Crippen LogP contribution in [-0.4, -0.2) is 16.1 Å². The van der Waals surface area contributed by atoms with Gasteiger partial charge in [-0.15, -0.1) is 11.8 Å². The van der Waals surface area contributed by atoms with E-state index in [0.29, 0.717) is 5.75 Å². The number of thioether (sulfide) groups is 1. The Kier molecular flexibility index (Phi) is 4.06. The lowest BCUT2D eigenvalue weighted by molar-refractivity contribution is 0.0690. The lowest BCUT2D eigenvalue weighted by Crippen LogP contribution is -2.01. The number of nitrogen functional groups attached to an aromatic ring is 1. The Labute approximate surface area is 115 Å². The quantitative estimate of drug-likeness (QED) is 0.662. The molecule has 98 valence electrons. The van der Waals surface area contributed by atoms with Crippen LogP contribution in [0.15, 0.2) is 41.3 Å². The number of pyridine rings is 1. The molecule has 0 saturated carbocycles. The number of carboxylic acid groups (broad SMARTS) is 1. The number of benzene rings is 1. The number of hydrogen-bond acceptors (Lipinski definition) is 4. The lowest BCUT2D eigenvalue weighted by Gasteiger charge is -2.06. The van der Waals surface area contributed by atoms with Crippen LogP contribution in [0.1, 0.15) is 21.7 Å². The molecule has 1 aromatic carbocycles. The van der Waals surface area contributed by atoms with Gasteiger partial charge in [0, 0.05) is 16.3 Å². The van der Waals surface area contributed by atoms with Crippen molar-refractivity contribution in [2.24, 2.45) is 0 Å². The molecule has 0 radical (unpaired) electrons. The Morgan fingerprint density at radius 1 is 1.37 bits per heavy atom. The fourth-order valence-electron chi connectivity index (χ4n) is 1.67. The number of anilines is 1. The van der Waals surface area contributed by atoms with Gasteiger partial charge in [0.1, 0.15) is 5.69 Å². The van der Waals surface area contributed by atoms with Gasteiger partial charge in [0.2, 0.25) is 0 Å². The monoisotopic (exact) mass is 274 g/mol. The van der Waals surface area contributed by atoms with E-state index in [4.69, 9.17) is 10.8 Å². The zero-order valence-electron chi connectivity index (χ0n) is 10.5. The van der Waals surface area contributed by atoms with Gasteiger partial charge in [0.15, 0.2) is 0 Å². The number of carbonyl (C=O) groups is 1. The predicted molar refractivity (Wildman–Crippen MR) is 76.3 cm³/mol. The Morgan fingerprint density at radius 3 is 2.84 bits per heavy atom. The molecule has 0 aliphatic rings. The van der Waals surface area contributed by atoms with E-state index in [1.165, 1.54) is 6.07 Å². The second kappa shape index (κ2) is 5.75. The minimum Gasteiger partial charge on any atom is -0.477 e. The topological polar surface area (TPSA) is 76.2 Å². The molecule has 0 spiro atoms. The first-order valence-corrected chi connectivity index (χ1v) is 6.73. The van der Waals surface area contributed by atoms with E-state index in [-0.39, 0.29) is 5.69 Å². The SMILES string of the molecule is Cc1cc(N)ccc1SCc1cccc(C(=O)O)n1. The highest BCUT2D eigenvalue weighted by Crippen LogP contribution is 2.26. The minimum absolute atomic E-state index is 0.0760. The maximum Gasteiger partial charge on any atom is 0.354 e. The maximum atomic E-state index is 10.8. The molecule has 2 aromatic rings. The van der Waals surface area contributed by atoms with Crippen LogP contribution < -0.4 is 5.73 Å². The largest absolute Gasteiger partial charge is 0.477 e. The molecule has 0 aliphatic carbocycles. The van der Waals surface area contributed by atoms with Crippen molar-refractivity contribution in [3.8, 4) is 0 Å². The second-order valence-electron chi connectivity index (χ2n) is 4.13. The van der Waals surface area contributed by atoms with Crippen molar-refractivity contribution >= 4 is 23.4 Å². The molecule has 19 heavy (non-hydrogen) atoms. The van der Waals surface area contributed by atoms with Crippen LogP contribution in [-0.2, 0) is 5.75 Å². The summed E-state index contributed by atoms with van der Waals surface area (Å²) < 4.78 is 0. The summed E-state index contributed by atoms with van der Waals surface area (Å²) in [7, 11) is 0. The van der Waals surface area contributed by atoms with E-state index in [9.17, 15) is 4.79 Å². The number of nitrogens with two attached hydrogens (primary N) is 1. The summed E-state index contributed by atoms with van der Waals surface area (Å²) >= 11 is 1.62. The summed E-state index contributed by atoms with van der Waals surface area (Å²) in [6.07, 6.45) is 0. The van der Waals surface area contributed by atoms with Crippen LogP contribution >= 0.6 is 11.8 Å². The third kappa shape index (κ3) is 3.48. The summed E-state index contributed by atoms with van der Waals surface area (Å²) in [5, 5.41) is 8.89. The molecule has 2 rings (SSSR count). The molecule has 0 amide bonds. The molecule has 0 atom stereocenters. The Morgan fingerprint density at radius 2 is 2.16 bits per heavy atom. The van der Waals surface area contributed by atoms with Crippen molar-refractivity contribution < 1.29 is 9.90 Å². The van der Waals surface area contributed by atoms with Crippen LogP contribution in [0.3, 0.4) is 0 Å². The zero-order chi connectivity index (χ0) is 13.8. The summed E-state index contributed by atoms with van der Waals surface area (Å²) in [4.78, 5) is 16.0. The first kappa shape index (κ1) is 13.4. The molecule has 1 heterocycles. The fourth-order valence-corrected chi connectivity index (χ4v) is 2.58. The Bertz CT molecular complexity index is 614. The molecule has 4 nitrogen and oxygen atoms in total. The highest BCUT2D eigenvalue weighted by atomic mass is 32.2. The third-order valence-corrected chi connectivity index (χ3v) is 3.81. The highest BCUT2D eigenvalue weighted by molar-refractivity contribution is 7.98. The van der Waals surface area contributed by atoms with E-state index in [1.54, 1.807) is 17.8 Å². The smallest absolute Gasteiger partial charge is 0.354 e. The van der Waals surface area contributed by atoms with Crippen molar-refractivity contribution in [3.63, 3.8) is 0 Å². The van der Waals surface area contributed by atoms with Gasteiger partial charge >= 0.3 is 5.97 Å². The first-order valence-electron chi connectivity index (χ1n) is 5.74. The number of nitrogens with zero attached hydrogens (tertiary/aromatic N) is 1. The van der Waals surface area contributed by atoms with Gasteiger partial charge < -0.3 is 10.8 Å². The van der Waals surface area contributed by atoms with E-state index in [2.05, 4.69) is 4.98 Å². The number of carboxylic acids is 1. The van der Waals surface area contributed by atoms with Crippen molar-refractivity contribution in [1.29, 1.82) is 0 Å². The molecule has 5 heteroatoms. The third-order valence-electron chi connectivity index (χ3n) is 2.60. The molecule has 0 saturated heterocycles. The average Bonchev–Trinajstić information content (AvgIpc) is 2.38. The summed E-state index contributed by atoms with van der Waals surface area (Å²) in [6.45, 7) is 2.00. The molecule has 0 aliphatic heterocycles. The lowest BCUT2D eigenvalue weighted by atomic mass is 10.2. The van der Waals surface area contributed by atoms with E-state index in [1.807, 2.05) is 31.2 Å². The summed E-state index contributed by atoms with van der Waals surface area (Å²) in [5.74, 6) is -0.373. The van der Waals surface area contributed by atoms with Crippen LogP contribution in [0.5, 0.6) is 0 Å². The normalized spacial score (nSPS) is 10.4. The van der Waals surface area contributed by atoms with E-state index < -0.39 is 5.97 Å². The van der Waals surface area contributed by atoms with Gasteiger partial charge in [-0.2, -0.15) is 0 Å². The van der Waals surface area contributed by atoms with Crippen LogP contribution in [0.25, 0.3) is 0 Å². The Hall–Kier alpha value is -2.01.